The minimum atomic E-state index is 0. The van der Waals surface area contributed by atoms with Gasteiger partial charge in [0, 0.05) is 15.2 Å². The SMILES string of the molecule is Cl.NNc1cccc(Br)c1SCCCCl. The number of anilines is 1. The van der Waals surface area contributed by atoms with E-state index in [1.165, 1.54) is 0 Å². The molecule has 0 aliphatic heterocycles. The van der Waals surface area contributed by atoms with Crippen molar-refractivity contribution in [1.82, 2.24) is 0 Å². The van der Waals surface area contributed by atoms with E-state index in [1.54, 1.807) is 11.8 Å². The summed E-state index contributed by atoms with van der Waals surface area (Å²) < 4.78 is 1.06. The van der Waals surface area contributed by atoms with Crippen molar-refractivity contribution in [2.45, 2.75) is 11.3 Å². The molecule has 3 N–H and O–H groups in total. The van der Waals surface area contributed by atoms with Gasteiger partial charge in [-0.25, -0.2) is 0 Å². The summed E-state index contributed by atoms with van der Waals surface area (Å²) in [5.74, 6) is 7.11. The Bertz CT molecular complexity index is 299. The molecule has 0 radical (unpaired) electrons. The number of alkyl halides is 1. The second-order valence-electron chi connectivity index (χ2n) is 2.65. The van der Waals surface area contributed by atoms with E-state index in [4.69, 9.17) is 17.4 Å². The predicted octanol–water partition coefficient (Wildman–Crippen LogP) is 3.88. The molecule has 0 atom stereocenters. The highest BCUT2D eigenvalue weighted by molar-refractivity contribution is 9.10. The van der Waals surface area contributed by atoms with E-state index in [1.807, 2.05) is 18.2 Å². The van der Waals surface area contributed by atoms with Crippen molar-refractivity contribution in [3.8, 4) is 0 Å². The standard InChI is InChI=1S/C9H12BrClN2S.ClH/c10-7-3-1-4-8(13-12)9(7)14-6-2-5-11;/h1,3-4,13H,2,5-6,12H2;1H. The van der Waals surface area contributed by atoms with Gasteiger partial charge in [0.25, 0.3) is 0 Å². The van der Waals surface area contributed by atoms with Gasteiger partial charge < -0.3 is 5.43 Å². The van der Waals surface area contributed by atoms with Gasteiger partial charge >= 0.3 is 0 Å². The van der Waals surface area contributed by atoms with Crippen LogP contribution >= 0.6 is 51.7 Å². The van der Waals surface area contributed by atoms with Gasteiger partial charge in [-0.1, -0.05) is 6.07 Å². The van der Waals surface area contributed by atoms with Crippen LogP contribution in [-0.2, 0) is 0 Å². The lowest BCUT2D eigenvalue weighted by Crippen LogP contribution is -2.07. The van der Waals surface area contributed by atoms with E-state index in [2.05, 4.69) is 21.4 Å². The highest BCUT2D eigenvalue weighted by atomic mass is 79.9. The molecule has 0 saturated carbocycles. The Balaban J connectivity index is 0.00000196. The normalized spacial score (nSPS) is 9.53. The zero-order valence-electron chi connectivity index (χ0n) is 8.00. The largest absolute Gasteiger partial charge is 0.323 e. The van der Waals surface area contributed by atoms with E-state index < -0.39 is 0 Å². The van der Waals surface area contributed by atoms with Gasteiger partial charge in [-0.15, -0.1) is 35.8 Å². The second kappa shape index (κ2) is 8.53. The van der Waals surface area contributed by atoms with Crippen molar-refractivity contribution < 1.29 is 0 Å². The third-order valence-corrected chi connectivity index (χ3v) is 4.06. The molecule has 15 heavy (non-hydrogen) atoms. The van der Waals surface area contributed by atoms with E-state index in [0.717, 1.165) is 27.2 Å². The van der Waals surface area contributed by atoms with Gasteiger partial charge in [0.2, 0.25) is 0 Å². The minimum absolute atomic E-state index is 0. The molecular weight excluding hydrogens is 319 g/mol. The highest BCUT2D eigenvalue weighted by Gasteiger charge is 2.05. The van der Waals surface area contributed by atoms with Crippen molar-refractivity contribution in [1.29, 1.82) is 0 Å². The summed E-state index contributed by atoms with van der Waals surface area (Å²) in [6.07, 6.45) is 0.998. The average molecular weight is 332 g/mol. The van der Waals surface area contributed by atoms with E-state index in [0.29, 0.717) is 5.88 Å². The predicted molar refractivity (Wildman–Crippen MR) is 75.3 cm³/mol. The Labute approximate surface area is 114 Å². The molecule has 0 heterocycles. The molecule has 6 heteroatoms. The summed E-state index contributed by atoms with van der Waals surface area (Å²) in [4.78, 5) is 1.14. The summed E-state index contributed by atoms with van der Waals surface area (Å²) >= 11 is 10.9. The summed E-state index contributed by atoms with van der Waals surface area (Å²) in [5, 5.41) is 0. The van der Waals surface area contributed by atoms with Crippen molar-refractivity contribution in [3.63, 3.8) is 0 Å². The molecule has 0 amide bonds. The maximum Gasteiger partial charge on any atom is 0.0632 e. The zero-order valence-corrected chi connectivity index (χ0v) is 12.0. The third-order valence-electron chi connectivity index (χ3n) is 1.65. The fraction of sp³-hybridized carbons (Fsp3) is 0.333. The summed E-state index contributed by atoms with van der Waals surface area (Å²) in [5.41, 5.74) is 3.62. The fourth-order valence-corrected chi connectivity index (χ4v) is 2.98. The number of hydrazine groups is 1. The number of thioether (sulfide) groups is 1. The van der Waals surface area contributed by atoms with Crippen LogP contribution in [0, 0.1) is 0 Å². The fourth-order valence-electron chi connectivity index (χ4n) is 0.998. The molecular formula is C9H13BrCl2N2S. The van der Waals surface area contributed by atoms with Crippen LogP contribution in [0.2, 0.25) is 0 Å². The maximum absolute atomic E-state index is 5.62. The van der Waals surface area contributed by atoms with Crippen LogP contribution in [0.5, 0.6) is 0 Å². The highest BCUT2D eigenvalue weighted by Crippen LogP contribution is 2.34. The van der Waals surface area contributed by atoms with Crippen LogP contribution in [-0.4, -0.2) is 11.6 Å². The van der Waals surface area contributed by atoms with E-state index in [9.17, 15) is 0 Å². The van der Waals surface area contributed by atoms with E-state index >= 15 is 0 Å². The van der Waals surface area contributed by atoms with Gasteiger partial charge in [0.1, 0.15) is 0 Å². The van der Waals surface area contributed by atoms with Gasteiger partial charge in [0.05, 0.1) is 5.69 Å². The molecule has 0 bridgehead atoms. The first-order valence-corrected chi connectivity index (χ1v) is 6.54. The number of nitrogens with two attached hydrogens (primary N) is 1. The van der Waals surface area contributed by atoms with Crippen LogP contribution in [0.25, 0.3) is 0 Å². The topological polar surface area (TPSA) is 38.0 Å². The summed E-state index contributed by atoms with van der Waals surface area (Å²) in [6, 6.07) is 5.91. The van der Waals surface area contributed by atoms with E-state index in [-0.39, 0.29) is 12.4 Å². The molecule has 0 spiro atoms. The Kier molecular flexibility index (Phi) is 8.75. The lowest BCUT2D eigenvalue weighted by atomic mass is 10.3. The number of rotatable bonds is 5. The van der Waals surface area contributed by atoms with Crippen molar-refractivity contribution in [2.75, 3.05) is 17.1 Å². The molecule has 2 nitrogen and oxygen atoms in total. The molecule has 1 aromatic rings. The Morgan fingerprint density at radius 1 is 1.47 bits per heavy atom. The molecule has 0 aromatic heterocycles. The Hall–Kier alpha value is 0.390. The number of hydrogen-bond acceptors (Lipinski definition) is 3. The first-order chi connectivity index (χ1) is 6.79. The lowest BCUT2D eigenvalue weighted by Gasteiger charge is -2.09. The maximum atomic E-state index is 5.62. The molecule has 0 fully saturated rings. The average Bonchev–Trinajstić information content (AvgIpc) is 2.20. The van der Waals surface area contributed by atoms with Crippen LogP contribution < -0.4 is 11.3 Å². The lowest BCUT2D eigenvalue weighted by molar-refractivity contribution is 1.11. The van der Waals surface area contributed by atoms with Crippen LogP contribution in [0.15, 0.2) is 27.6 Å². The van der Waals surface area contributed by atoms with Crippen molar-refractivity contribution in [3.05, 3.63) is 22.7 Å². The van der Waals surface area contributed by atoms with Gasteiger partial charge in [-0.3, -0.25) is 5.84 Å². The minimum Gasteiger partial charge on any atom is -0.323 e. The summed E-state index contributed by atoms with van der Waals surface area (Å²) in [6.45, 7) is 0. The second-order valence-corrected chi connectivity index (χ2v) is 4.99. The van der Waals surface area contributed by atoms with Crippen LogP contribution in [0.1, 0.15) is 6.42 Å². The number of halogens is 3. The van der Waals surface area contributed by atoms with Gasteiger partial charge in [0.15, 0.2) is 0 Å². The Morgan fingerprint density at radius 2 is 2.20 bits per heavy atom. The third kappa shape index (κ3) is 4.83. The Morgan fingerprint density at radius 3 is 2.80 bits per heavy atom. The number of nitrogen functional groups attached to an aromatic ring is 1. The van der Waals surface area contributed by atoms with Crippen molar-refractivity contribution in [2.24, 2.45) is 5.84 Å². The zero-order chi connectivity index (χ0) is 10.4. The van der Waals surface area contributed by atoms with Gasteiger partial charge in [-0.05, 0) is 40.2 Å². The first-order valence-electron chi connectivity index (χ1n) is 4.23. The molecule has 86 valence electrons. The van der Waals surface area contributed by atoms with Gasteiger partial charge in [-0.2, -0.15) is 0 Å². The molecule has 1 rings (SSSR count). The number of hydrogen-bond donors (Lipinski definition) is 2. The first kappa shape index (κ1) is 15.4. The molecule has 0 aliphatic carbocycles. The molecule has 0 saturated heterocycles. The molecule has 1 aromatic carbocycles. The smallest absolute Gasteiger partial charge is 0.0632 e. The number of benzene rings is 1. The molecule has 0 aliphatic rings. The monoisotopic (exact) mass is 330 g/mol. The van der Waals surface area contributed by atoms with Crippen LogP contribution in [0.4, 0.5) is 5.69 Å². The molecule has 0 unspecified atom stereocenters. The van der Waals surface area contributed by atoms with Crippen LogP contribution in [0.3, 0.4) is 0 Å². The summed E-state index contributed by atoms with van der Waals surface area (Å²) in [7, 11) is 0. The quantitative estimate of drug-likeness (QED) is 0.283. The number of nitrogens with one attached hydrogen (secondary N) is 1. The van der Waals surface area contributed by atoms with Crippen molar-refractivity contribution >= 4 is 57.4 Å².